The van der Waals surface area contributed by atoms with Crippen molar-refractivity contribution in [3.63, 3.8) is 0 Å². The van der Waals surface area contributed by atoms with Gasteiger partial charge in [-0.25, -0.2) is 0 Å². The van der Waals surface area contributed by atoms with Crippen molar-refractivity contribution in [2.24, 2.45) is 0 Å². The number of aliphatic carboxylic acids is 1. The van der Waals surface area contributed by atoms with Crippen LogP contribution in [0.5, 0.6) is 0 Å². The highest BCUT2D eigenvalue weighted by Crippen LogP contribution is 2.16. The molecular formula is C16H16BrNO4. The van der Waals surface area contributed by atoms with Gasteiger partial charge in [0, 0.05) is 17.6 Å². The van der Waals surface area contributed by atoms with Gasteiger partial charge in [0.1, 0.15) is 5.76 Å². The van der Waals surface area contributed by atoms with E-state index in [4.69, 9.17) is 9.52 Å². The number of carbonyl (C=O) groups is 2. The van der Waals surface area contributed by atoms with Crippen molar-refractivity contribution in [1.29, 1.82) is 0 Å². The lowest BCUT2D eigenvalue weighted by Crippen LogP contribution is -2.32. The molecule has 0 spiro atoms. The predicted molar refractivity (Wildman–Crippen MR) is 84.6 cm³/mol. The third kappa shape index (κ3) is 4.46. The zero-order valence-electron chi connectivity index (χ0n) is 12.1. The van der Waals surface area contributed by atoms with E-state index in [0.29, 0.717) is 12.3 Å². The van der Waals surface area contributed by atoms with Crippen molar-refractivity contribution < 1.29 is 19.1 Å². The molecule has 2 aromatic rings. The summed E-state index contributed by atoms with van der Waals surface area (Å²) in [6, 6.07) is 10.9. The minimum atomic E-state index is -0.942. The lowest BCUT2D eigenvalue weighted by Gasteiger charge is -2.21. The zero-order valence-corrected chi connectivity index (χ0v) is 13.7. The first-order valence-electron chi connectivity index (χ1n) is 6.77. The van der Waals surface area contributed by atoms with Crippen molar-refractivity contribution in [3.05, 3.63) is 58.0 Å². The Kier molecular flexibility index (Phi) is 5.38. The van der Waals surface area contributed by atoms with Crippen LogP contribution < -0.4 is 0 Å². The van der Waals surface area contributed by atoms with E-state index in [1.165, 1.54) is 4.90 Å². The number of benzene rings is 1. The summed E-state index contributed by atoms with van der Waals surface area (Å²) < 4.78 is 6.25. The van der Waals surface area contributed by atoms with Gasteiger partial charge in [-0.05, 0) is 36.8 Å². The minimum Gasteiger partial charge on any atom is -0.481 e. The Morgan fingerprint density at radius 1 is 1.27 bits per heavy atom. The van der Waals surface area contributed by atoms with Gasteiger partial charge in [0.2, 0.25) is 0 Å². The number of furan rings is 1. The van der Waals surface area contributed by atoms with Crippen LogP contribution in [0, 0.1) is 6.92 Å². The van der Waals surface area contributed by atoms with Gasteiger partial charge in [-0.2, -0.15) is 0 Å². The number of rotatable bonds is 6. The van der Waals surface area contributed by atoms with E-state index in [0.717, 1.165) is 10.0 Å². The molecule has 1 N–H and O–H groups in total. The zero-order chi connectivity index (χ0) is 16.1. The molecule has 0 atom stereocenters. The van der Waals surface area contributed by atoms with Crippen molar-refractivity contribution in [2.75, 3.05) is 6.54 Å². The molecule has 2 rings (SSSR count). The first kappa shape index (κ1) is 16.3. The number of carboxylic acids is 1. The lowest BCUT2D eigenvalue weighted by molar-refractivity contribution is -0.137. The quantitative estimate of drug-likeness (QED) is 0.850. The highest BCUT2D eigenvalue weighted by molar-refractivity contribution is 9.10. The largest absolute Gasteiger partial charge is 0.481 e. The Morgan fingerprint density at radius 2 is 2.05 bits per heavy atom. The van der Waals surface area contributed by atoms with Crippen LogP contribution in [0.2, 0.25) is 0 Å². The average Bonchev–Trinajstić information content (AvgIpc) is 2.89. The molecule has 0 unspecified atom stereocenters. The van der Waals surface area contributed by atoms with Crippen LogP contribution in [-0.2, 0) is 11.3 Å². The van der Waals surface area contributed by atoms with E-state index in [1.807, 2.05) is 24.3 Å². The number of halogens is 1. The molecule has 0 aliphatic rings. The summed E-state index contributed by atoms with van der Waals surface area (Å²) in [6.07, 6.45) is -0.112. The normalized spacial score (nSPS) is 10.5. The molecule has 1 amide bonds. The van der Waals surface area contributed by atoms with E-state index in [-0.39, 0.29) is 24.6 Å². The maximum absolute atomic E-state index is 12.5. The summed E-state index contributed by atoms with van der Waals surface area (Å²) in [5.41, 5.74) is 0.913. The molecule has 1 aromatic carbocycles. The number of carboxylic acid groups (broad SMARTS) is 1. The van der Waals surface area contributed by atoms with Crippen molar-refractivity contribution in [3.8, 4) is 0 Å². The second-order valence-electron chi connectivity index (χ2n) is 4.91. The standard InChI is InChI=1S/C16H16BrNO4/c1-11-5-6-14(22-11)16(21)18(8-7-15(19)20)10-12-3-2-4-13(17)9-12/h2-6,9H,7-8,10H2,1H3,(H,19,20). The van der Waals surface area contributed by atoms with Gasteiger partial charge in [0.25, 0.3) is 5.91 Å². The fourth-order valence-electron chi connectivity index (χ4n) is 2.04. The summed E-state index contributed by atoms with van der Waals surface area (Å²) in [7, 11) is 0. The molecule has 0 aliphatic carbocycles. The second kappa shape index (κ2) is 7.26. The van der Waals surface area contributed by atoms with Crippen molar-refractivity contribution >= 4 is 27.8 Å². The Labute approximate surface area is 136 Å². The first-order chi connectivity index (χ1) is 10.5. The molecular weight excluding hydrogens is 350 g/mol. The molecule has 0 bridgehead atoms. The first-order valence-corrected chi connectivity index (χ1v) is 7.57. The molecule has 0 aliphatic heterocycles. The summed E-state index contributed by atoms with van der Waals surface area (Å²) >= 11 is 3.38. The van der Waals surface area contributed by atoms with Crippen molar-refractivity contribution in [2.45, 2.75) is 19.9 Å². The molecule has 0 saturated carbocycles. The molecule has 116 valence electrons. The molecule has 5 nitrogen and oxygen atoms in total. The lowest BCUT2D eigenvalue weighted by atomic mass is 10.2. The molecule has 22 heavy (non-hydrogen) atoms. The fourth-order valence-corrected chi connectivity index (χ4v) is 2.49. The summed E-state index contributed by atoms with van der Waals surface area (Å²) in [5.74, 6) is -0.390. The Morgan fingerprint density at radius 3 is 2.64 bits per heavy atom. The minimum absolute atomic E-state index is 0.112. The second-order valence-corrected chi connectivity index (χ2v) is 5.83. The molecule has 0 saturated heterocycles. The Hall–Kier alpha value is -2.08. The van der Waals surface area contributed by atoms with Gasteiger partial charge in [0.05, 0.1) is 6.42 Å². The summed E-state index contributed by atoms with van der Waals surface area (Å²) in [5, 5.41) is 8.86. The van der Waals surface area contributed by atoms with Crippen LogP contribution in [0.25, 0.3) is 0 Å². The Bertz CT molecular complexity index is 680. The average molecular weight is 366 g/mol. The predicted octanol–water partition coefficient (Wildman–Crippen LogP) is 3.47. The van der Waals surface area contributed by atoms with Crippen LogP contribution in [0.3, 0.4) is 0 Å². The highest BCUT2D eigenvalue weighted by atomic mass is 79.9. The number of nitrogens with zero attached hydrogens (tertiary/aromatic N) is 1. The molecule has 0 radical (unpaired) electrons. The Balaban J connectivity index is 2.18. The van der Waals surface area contributed by atoms with Crippen LogP contribution in [0.15, 0.2) is 45.3 Å². The van der Waals surface area contributed by atoms with E-state index in [1.54, 1.807) is 19.1 Å². The summed E-state index contributed by atoms with van der Waals surface area (Å²) in [6.45, 7) is 2.21. The number of aryl methyl sites for hydroxylation is 1. The van der Waals surface area contributed by atoms with Gasteiger partial charge in [0.15, 0.2) is 5.76 Å². The third-order valence-corrected chi connectivity index (χ3v) is 3.59. The van der Waals surface area contributed by atoms with Crippen LogP contribution in [0.4, 0.5) is 0 Å². The maximum Gasteiger partial charge on any atom is 0.305 e. The van der Waals surface area contributed by atoms with E-state index in [2.05, 4.69) is 15.9 Å². The van der Waals surface area contributed by atoms with Gasteiger partial charge in [-0.1, -0.05) is 28.1 Å². The van der Waals surface area contributed by atoms with E-state index < -0.39 is 5.97 Å². The number of hydrogen-bond acceptors (Lipinski definition) is 3. The monoisotopic (exact) mass is 365 g/mol. The summed E-state index contributed by atoms with van der Waals surface area (Å²) in [4.78, 5) is 24.8. The molecule has 1 heterocycles. The molecule has 6 heteroatoms. The van der Waals surface area contributed by atoms with Gasteiger partial charge in [-0.3, -0.25) is 9.59 Å². The molecule has 0 fully saturated rings. The topological polar surface area (TPSA) is 70.8 Å². The fraction of sp³-hybridized carbons (Fsp3) is 0.250. The highest BCUT2D eigenvalue weighted by Gasteiger charge is 2.20. The number of hydrogen-bond donors (Lipinski definition) is 1. The number of amides is 1. The maximum atomic E-state index is 12.5. The van der Waals surface area contributed by atoms with Gasteiger partial charge in [-0.15, -0.1) is 0 Å². The van der Waals surface area contributed by atoms with Crippen LogP contribution in [0.1, 0.15) is 28.3 Å². The molecule has 1 aromatic heterocycles. The third-order valence-electron chi connectivity index (χ3n) is 3.10. The SMILES string of the molecule is Cc1ccc(C(=O)N(CCC(=O)O)Cc2cccc(Br)c2)o1. The number of carbonyl (C=O) groups excluding carboxylic acids is 1. The van der Waals surface area contributed by atoms with Gasteiger partial charge >= 0.3 is 5.97 Å². The van der Waals surface area contributed by atoms with Crippen LogP contribution in [-0.4, -0.2) is 28.4 Å². The van der Waals surface area contributed by atoms with Gasteiger partial charge < -0.3 is 14.4 Å². The van der Waals surface area contributed by atoms with E-state index >= 15 is 0 Å². The van der Waals surface area contributed by atoms with E-state index in [9.17, 15) is 9.59 Å². The van der Waals surface area contributed by atoms with Crippen LogP contribution >= 0.6 is 15.9 Å². The smallest absolute Gasteiger partial charge is 0.305 e. The van der Waals surface area contributed by atoms with Crippen molar-refractivity contribution in [1.82, 2.24) is 4.90 Å².